The molecule has 0 saturated carbocycles. The molecule has 0 aromatic heterocycles. The number of carbonyl (C=O) groups is 2. The molecule has 21 heavy (non-hydrogen) atoms. The number of carboxylic acids is 1. The van der Waals surface area contributed by atoms with Crippen LogP contribution in [-0.2, 0) is 9.53 Å². The predicted octanol–water partition coefficient (Wildman–Crippen LogP) is 0.308. The molecule has 0 radical (unpaired) electrons. The number of urea groups is 1. The summed E-state index contributed by atoms with van der Waals surface area (Å²) in [6, 6.07) is 0.0882. The Kier molecular flexibility index (Phi) is 5.41. The number of hydrogen-bond donors (Lipinski definition) is 1. The molecule has 1 atom stereocenters. The largest absolute Gasteiger partial charge is 0.481 e. The molecule has 120 valence electrons. The lowest BCUT2D eigenvalue weighted by molar-refractivity contribution is -0.139. The van der Waals surface area contributed by atoms with Crippen LogP contribution in [0.2, 0.25) is 0 Å². The Morgan fingerprint density at radius 3 is 2.43 bits per heavy atom. The van der Waals surface area contributed by atoms with Crippen molar-refractivity contribution in [3.05, 3.63) is 0 Å². The second kappa shape index (κ2) is 7.09. The fourth-order valence-electron chi connectivity index (χ4n) is 2.89. The van der Waals surface area contributed by atoms with Gasteiger partial charge < -0.3 is 19.6 Å². The van der Waals surface area contributed by atoms with Gasteiger partial charge in [0.15, 0.2) is 0 Å². The van der Waals surface area contributed by atoms with E-state index in [-0.39, 0.29) is 18.5 Å². The van der Waals surface area contributed by atoms with Crippen molar-refractivity contribution in [2.24, 2.45) is 0 Å². The molecule has 2 aliphatic heterocycles. The first-order valence-corrected chi connectivity index (χ1v) is 7.58. The summed E-state index contributed by atoms with van der Waals surface area (Å²) < 4.78 is 5.32. The Hall–Kier alpha value is -1.34. The summed E-state index contributed by atoms with van der Waals surface area (Å²) in [5.41, 5.74) is 0. The average Bonchev–Trinajstić information content (AvgIpc) is 2.46. The van der Waals surface area contributed by atoms with E-state index in [9.17, 15) is 9.59 Å². The second-order valence-corrected chi connectivity index (χ2v) is 5.92. The molecular weight excluding hydrogens is 274 g/mol. The van der Waals surface area contributed by atoms with E-state index < -0.39 is 5.97 Å². The number of carboxylic acid groups (broad SMARTS) is 1. The molecule has 2 heterocycles. The maximum atomic E-state index is 12.6. The van der Waals surface area contributed by atoms with Gasteiger partial charge in [0.2, 0.25) is 0 Å². The molecule has 2 saturated heterocycles. The van der Waals surface area contributed by atoms with Gasteiger partial charge in [-0.3, -0.25) is 9.69 Å². The SMILES string of the molecule is CC(C)N1CCN(C(=O)N2CCOCC2CC(=O)O)CC1. The van der Waals surface area contributed by atoms with E-state index in [4.69, 9.17) is 9.84 Å². The number of aliphatic carboxylic acids is 1. The van der Waals surface area contributed by atoms with Crippen LogP contribution in [0, 0.1) is 0 Å². The van der Waals surface area contributed by atoms with E-state index in [2.05, 4.69) is 18.7 Å². The average molecular weight is 299 g/mol. The van der Waals surface area contributed by atoms with Crippen LogP contribution in [0.15, 0.2) is 0 Å². The maximum Gasteiger partial charge on any atom is 0.320 e. The van der Waals surface area contributed by atoms with Gasteiger partial charge in [-0.25, -0.2) is 4.79 Å². The van der Waals surface area contributed by atoms with Crippen LogP contribution < -0.4 is 0 Å². The van der Waals surface area contributed by atoms with Crippen molar-refractivity contribution in [1.82, 2.24) is 14.7 Å². The number of rotatable bonds is 3. The number of ether oxygens (including phenoxy) is 1. The first-order chi connectivity index (χ1) is 9.99. The summed E-state index contributed by atoms with van der Waals surface area (Å²) in [6.07, 6.45) is -0.0578. The molecule has 0 bridgehead atoms. The van der Waals surface area contributed by atoms with Crippen molar-refractivity contribution in [2.75, 3.05) is 45.9 Å². The molecule has 7 nitrogen and oxygen atoms in total. The lowest BCUT2D eigenvalue weighted by atomic mass is 10.1. The summed E-state index contributed by atoms with van der Waals surface area (Å²) in [5, 5.41) is 8.96. The Bertz CT molecular complexity index is 380. The molecule has 0 aromatic rings. The van der Waals surface area contributed by atoms with E-state index in [1.54, 1.807) is 4.90 Å². The van der Waals surface area contributed by atoms with Crippen molar-refractivity contribution in [2.45, 2.75) is 32.4 Å². The van der Waals surface area contributed by atoms with Gasteiger partial charge in [0, 0.05) is 38.8 Å². The zero-order valence-electron chi connectivity index (χ0n) is 12.8. The van der Waals surface area contributed by atoms with E-state index in [1.807, 2.05) is 4.90 Å². The summed E-state index contributed by atoms with van der Waals surface area (Å²) in [4.78, 5) is 29.4. The topological polar surface area (TPSA) is 73.3 Å². The number of morpholine rings is 1. The first-order valence-electron chi connectivity index (χ1n) is 7.58. The molecule has 1 N–H and O–H groups in total. The summed E-state index contributed by atoms with van der Waals surface area (Å²) in [5.74, 6) is -0.895. The minimum atomic E-state index is -0.895. The molecule has 2 aliphatic rings. The normalized spacial score (nSPS) is 24.4. The van der Waals surface area contributed by atoms with Gasteiger partial charge in [-0.2, -0.15) is 0 Å². The van der Waals surface area contributed by atoms with Gasteiger partial charge in [-0.05, 0) is 13.8 Å². The fraction of sp³-hybridized carbons (Fsp3) is 0.857. The van der Waals surface area contributed by atoms with Crippen molar-refractivity contribution in [3.63, 3.8) is 0 Å². The maximum absolute atomic E-state index is 12.6. The zero-order chi connectivity index (χ0) is 15.4. The fourth-order valence-corrected chi connectivity index (χ4v) is 2.89. The first kappa shape index (κ1) is 16.0. The highest BCUT2D eigenvalue weighted by Gasteiger charge is 2.33. The molecule has 2 fully saturated rings. The van der Waals surface area contributed by atoms with Crippen molar-refractivity contribution in [3.8, 4) is 0 Å². The molecule has 7 heteroatoms. The standard InChI is InChI=1S/C14H25N3O4/c1-11(2)15-3-5-16(6-4-15)14(20)17-7-8-21-10-12(17)9-13(18)19/h11-12H,3-10H2,1-2H3,(H,18,19). The van der Waals surface area contributed by atoms with Crippen LogP contribution in [0.3, 0.4) is 0 Å². The Balaban J connectivity index is 1.93. The van der Waals surface area contributed by atoms with E-state index in [0.717, 1.165) is 13.1 Å². The molecular formula is C14H25N3O4. The van der Waals surface area contributed by atoms with E-state index in [0.29, 0.717) is 38.9 Å². The van der Waals surface area contributed by atoms with Gasteiger partial charge in [0.05, 0.1) is 25.7 Å². The highest BCUT2D eigenvalue weighted by molar-refractivity contribution is 5.76. The van der Waals surface area contributed by atoms with Crippen LogP contribution in [0.1, 0.15) is 20.3 Å². The minimum absolute atomic E-state index is 0.0482. The summed E-state index contributed by atoms with van der Waals surface area (Å²) in [6.45, 7) is 8.72. The van der Waals surface area contributed by atoms with E-state index >= 15 is 0 Å². The van der Waals surface area contributed by atoms with Gasteiger partial charge >= 0.3 is 12.0 Å². The van der Waals surface area contributed by atoms with Crippen LogP contribution in [0.5, 0.6) is 0 Å². The third-order valence-electron chi connectivity index (χ3n) is 4.20. The molecule has 0 spiro atoms. The van der Waals surface area contributed by atoms with Crippen molar-refractivity contribution in [1.29, 1.82) is 0 Å². The molecule has 0 aliphatic carbocycles. The number of carbonyl (C=O) groups excluding carboxylic acids is 1. The lowest BCUT2D eigenvalue weighted by Crippen LogP contribution is -2.58. The van der Waals surface area contributed by atoms with Crippen molar-refractivity contribution >= 4 is 12.0 Å². The monoisotopic (exact) mass is 299 g/mol. The smallest absolute Gasteiger partial charge is 0.320 e. The van der Waals surface area contributed by atoms with Crippen molar-refractivity contribution < 1.29 is 19.4 Å². The minimum Gasteiger partial charge on any atom is -0.481 e. The molecule has 1 unspecified atom stereocenters. The third kappa shape index (κ3) is 4.07. The number of hydrogen-bond acceptors (Lipinski definition) is 4. The van der Waals surface area contributed by atoms with Crippen LogP contribution in [0.25, 0.3) is 0 Å². The number of nitrogens with zero attached hydrogens (tertiary/aromatic N) is 3. The highest BCUT2D eigenvalue weighted by Crippen LogP contribution is 2.15. The summed E-state index contributed by atoms with van der Waals surface area (Å²) >= 11 is 0. The second-order valence-electron chi connectivity index (χ2n) is 5.92. The van der Waals surface area contributed by atoms with Gasteiger partial charge in [-0.1, -0.05) is 0 Å². The molecule has 2 amide bonds. The third-order valence-corrected chi connectivity index (χ3v) is 4.20. The predicted molar refractivity (Wildman–Crippen MR) is 77.2 cm³/mol. The molecule has 0 aromatic carbocycles. The zero-order valence-corrected chi connectivity index (χ0v) is 12.8. The highest BCUT2D eigenvalue weighted by atomic mass is 16.5. The Morgan fingerprint density at radius 1 is 1.19 bits per heavy atom. The van der Waals surface area contributed by atoms with E-state index in [1.165, 1.54) is 0 Å². The lowest BCUT2D eigenvalue weighted by Gasteiger charge is -2.42. The van der Waals surface area contributed by atoms with Gasteiger partial charge in [0.1, 0.15) is 0 Å². The van der Waals surface area contributed by atoms with Gasteiger partial charge in [0.25, 0.3) is 0 Å². The molecule has 2 rings (SSSR count). The number of piperazine rings is 1. The quantitative estimate of drug-likeness (QED) is 0.812. The van der Waals surface area contributed by atoms with Crippen LogP contribution >= 0.6 is 0 Å². The van der Waals surface area contributed by atoms with Crippen LogP contribution in [0.4, 0.5) is 4.79 Å². The Labute approximate surface area is 125 Å². The summed E-state index contributed by atoms with van der Waals surface area (Å²) in [7, 11) is 0. The van der Waals surface area contributed by atoms with Crippen LogP contribution in [-0.4, -0.2) is 89.8 Å². The van der Waals surface area contributed by atoms with Gasteiger partial charge in [-0.15, -0.1) is 0 Å². The number of amides is 2. The Morgan fingerprint density at radius 2 is 1.86 bits per heavy atom.